The van der Waals surface area contributed by atoms with E-state index in [2.05, 4.69) is 30.4 Å². The third-order valence-electron chi connectivity index (χ3n) is 3.50. The van der Waals surface area contributed by atoms with E-state index >= 15 is 0 Å². The van der Waals surface area contributed by atoms with Crippen LogP contribution in [0.25, 0.3) is 11.1 Å². The van der Waals surface area contributed by atoms with Crippen molar-refractivity contribution in [3.8, 4) is 16.9 Å². The van der Waals surface area contributed by atoms with Gasteiger partial charge in [0.25, 0.3) is 0 Å². The molecule has 0 fully saturated rings. The Labute approximate surface area is 132 Å². The predicted octanol–water partition coefficient (Wildman–Crippen LogP) is 4.82. The Balaban J connectivity index is 2.22. The topological polar surface area (TPSA) is 21.3 Å². The maximum Gasteiger partial charge on any atom is 0.121 e. The Bertz CT molecular complexity index is 610. The molecule has 0 amide bonds. The van der Waals surface area contributed by atoms with Crippen LogP contribution in [0.3, 0.4) is 0 Å². The number of hydrogen-bond donors (Lipinski definition) is 1. The van der Waals surface area contributed by atoms with Gasteiger partial charge in [0.05, 0.1) is 7.11 Å². The van der Waals surface area contributed by atoms with E-state index in [1.165, 1.54) is 5.56 Å². The van der Waals surface area contributed by atoms with Crippen LogP contribution in [0, 0.1) is 6.92 Å². The minimum absolute atomic E-state index is 0.787. The summed E-state index contributed by atoms with van der Waals surface area (Å²) >= 11 is 6.44. The molecule has 112 valence electrons. The van der Waals surface area contributed by atoms with E-state index in [4.69, 9.17) is 16.3 Å². The molecule has 0 saturated heterocycles. The van der Waals surface area contributed by atoms with E-state index in [1.807, 2.05) is 25.1 Å². The van der Waals surface area contributed by atoms with Gasteiger partial charge in [0.2, 0.25) is 0 Å². The SMILES string of the molecule is CCCNCc1ccc(-c2ccc(OC)c(C)c2)c(Cl)c1. The Morgan fingerprint density at radius 1 is 1.14 bits per heavy atom. The van der Waals surface area contributed by atoms with Gasteiger partial charge >= 0.3 is 0 Å². The van der Waals surface area contributed by atoms with Crippen LogP contribution in [0.2, 0.25) is 5.02 Å². The van der Waals surface area contributed by atoms with Crippen molar-refractivity contribution in [1.29, 1.82) is 0 Å². The lowest BCUT2D eigenvalue weighted by atomic mass is 10.0. The van der Waals surface area contributed by atoms with E-state index in [9.17, 15) is 0 Å². The number of ether oxygens (including phenoxy) is 1. The molecule has 2 aromatic carbocycles. The zero-order valence-electron chi connectivity index (χ0n) is 12.9. The summed E-state index contributed by atoms with van der Waals surface area (Å²) < 4.78 is 5.30. The Morgan fingerprint density at radius 2 is 1.95 bits per heavy atom. The number of halogens is 1. The van der Waals surface area contributed by atoms with Crippen molar-refractivity contribution < 1.29 is 4.74 Å². The van der Waals surface area contributed by atoms with E-state index in [-0.39, 0.29) is 0 Å². The Morgan fingerprint density at radius 3 is 2.57 bits per heavy atom. The first-order chi connectivity index (χ1) is 10.2. The average molecular weight is 304 g/mol. The molecule has 0 unspecified atom stereocenters. The molecule has 1 N–H and O–H groups in total. The van der Waals surface area contributed by atoms with E-state index in [0.717, 1.165) is 47.0 Å². The first-order valence-electron chi connectivity index (χ1n) is 7.30. The molecule has 0 bridgehead atoms. The van der Waals surface area contributed by atoms with Crippen LogP contribution < -0.4 is 10.1 Å². The number of methoxy groups -OCH3 is 1. The fraction of sp³-hybridized carbons (Fsp3) is 0.333. The van der Waals surface area contributed by atoms with E-state index in [0.29, 0.717) is 0 Å². The molecule has 0 heterocycles. The maximum atomic E-state index is 6.44. The second-order valence-electron chi connectivity index (χ2n) is 5.18. The first-order valence-corrected chi connectivity index (χ1v) is 7.67. The zero-order chi connectivity index (χ0) is 15.2. The predicted molar refractivity (Wildman–Crippen MR) is 90.2 cm³/mol. The zero-order valence-corrected chi connectivity index (χ0v) is 13.6. The first kappa shape index (κ1) is 15.9. The monoisotopic (exact) mass is 303 g/mol. The minimum atomic E-state index is 0.787. The molecule has 2 rings (SSSR count). The number of aryl methyl sites for hydroxylation is 1. The summed E-state index contributed by atoms with van der Waals surface area (Å²) in [7, 11) is 1.69. The summed E-state index contributed by atoms with van der Waals surface area (Å²) in [6.07, 6.45) is 1.14. The number of hydrogen-bond acceptors (Lipinski definition) is 2. The molecule has 3 heteroatoms. The molecule has 0 atom stereocenters. The summed E-state index contributed by atoms with van der Waals surface area (Å²) in [5.41, 5.74) is 4.50. The summed E-state index contributed by atoms with van der Waals surface area (Å²) in [6, 6.07) is 12.4. The summed E-state index contributed by atoms with van der Waals surface area (Å²) in [5.74, 6) is 0.898. The van der Waals surface area contributed by atoms with Gasteiger partial charge in [0.15, 0.2) is 0 Å². The third kappa shape index (κ3) is 3.99. The van der Waals surface area contributed by atoms with Gasteiger partial charge in [-0.2, -0.15) is 0 Å². The molecule has 0 aliphatic heterocycles. The van der Waals surface area contributed by atoms with E-state index < -0.39 is 0 Å². The molecule has 2 nitrogen and oxygen atoms in total. The smallest absolute Gasteiger partial charge is 0.121 e. The molecule has 0 aromatic heterocycles. The molecule has 2 aromatic rings. The van der Waals surface area contributed by atoms with Crippen LogP contribution in [0.1, 0.15) is 24.5 Å². The number of benzene rings is 2. The third-order valence-corrected chi connectivity index (χ3v) is 3.81. The number of rotatable bonds is 6. The molecule has 0 spiro atoms. The maximum absolute atomic E-state index is 6.44. The second kappa shape index (κ2) is 7.48. The van der Waals surface area contributed by atoms with Crippen molar-refractivity contribution in [1.82, 2.24) is 5.32 Å². The summed E-state index contributed by atoms with van der Waals surface area (Å²) in [6.45, 7) is 6.08. The molecular weight excluding hydrogens is 282 g/mol. The molecular formula is C18H22ClNO. The average Bonchev–Trinajstić information content (AvgIpc) is 2.47. The van der Waals surface area contributed by atoms with Crippen molar-refractivity contribution in [3.05, 3.63) is 52.5 Å². The standard InChI is InChI=1S/C18H22ClNO/c1-4-9-20-12-14-5-7-16(17(19)11-14)15-6-8-18(21-3)13(2)10-15/h5-8,10-11,20H,4,9,12H2,1-3H3. The highest BCUT2D eigenvalue weighted by atomic mass is 35.5. The van der Waals surface area contributed by atoms with Crippen LogP contribution in [0.4, 0.5) is 0 Å². The van der Waals surface area contributed by atoms with Crippen molar-refractivity contribution in [2.75, 3.05) is 13.7 Å². The fourth-order valence-electron chi connectivity index (χ4n) is 2.36. The highest BCUT2D eigenvalue weighted by Gasteiger charge is 2.07. The van der Waals surface area contributed by atoms with Crippen molar-refractivity contribution >= 4 is 11.6 Å². The van der Waals surface area contributed by atoms with Crippen LogP contribution in [0.5, 0.6) is 5.75 Å². The largest absolute Gasteiger partial charge is 0.496 e. The molecule has 0 saturated carbocycles. The van der Waals surface area contributed by atoms with Gasteiger partial charge in [-0.3, -0.25) is 0 Å². The summed E-state index contributed by atoms with van der Waals surface area (Å²) in [5, 5.41) is 4.17. The van der Waals surface area contributed by atoms with Crippen LogP contribution >= 0.6 is 11.6 Å². The van der Waals surface area contributed by atoms with Crippen molar-refractivity contribution in [3.63, 3.8) is 0 Å². The quantitative estimate of drug-likeness (QED) is 0.772. The van der Waals surface area contributed by atoms with Gasteiger partial charge in [-0.25, -0.2) is 0 Å². The molecule has 0 aliphatic carbocycles. The van der Waals surface area contributed by atoms with Crippen molar-refractivity contribution in [2.45, 2.75) is 26.8 Å². The van der Waals surface area contributed by atoms with Gasteiger partial charge in [0.1, 0.15) is 5.75 Å². The lowest BCUT2D eigenvalue weighted by Gasteiger charge is -2.11. The minimum Gasteiger partial charge on any atom is -0.496 e. The second-order valence-corrected chi connectivity index (χ2v) is 5.58. The number of nitrogens with one attached hydrogen (secondary N) is 1. The molecule has 21 heavy (non-hydrogen) atoms. The lowest BCUT2D eigenvalue weighted by Crippen LogP contribution is -2.13. The fourth-order valence-corrected chi connectivity index (χ4v) is 2.67. The van der Waals surface area contributed by atoms with Gasteiger partial charge in [0, 0.05) is 17.1 Å². The Kier molecular flexibility index (Phi) is 5.66. The Hall–Kier alpha value is -1.51. The lowest BCUT2D eigenvalue weighted by molar-refractivity contribution is 0.412. The van der Waals surface area contributed by atoms with Crippen LogP contribution in [-0.4, -0.2) is 13.7 Å². The highest BCUT2D eigenvalue weighted by Crippen LogP contribution is 2.31. The molecule has 0 radical (unpaired) electrons. The normalized spacial score (nSPS) is 10.7. The van der Waals surface area contributed by atoms with Gasteiger partial charge in [-0.15, -0.1) is 0 Å². The summed E-state index contributed by atoms with van der Waals surface area (Å²) in [4.78, 5) is 0. The van der Waals surface area contributed by atoms with Gasteiger partial charge in [-0.1, -0.05) is 36.7 Å². The molecule has 0 aliphatic rings. The van der Waals surface area contributed by atoms with Crippen LogP contribution in [0.15, 0.2) is 36.4 Å². The van der Waals surface area contributed by atoms with Gasteiger partial charge < -0.3 is 10.1 Å². The van der Waals surface area contributed by atoms with Gasteiger partial charge in [-0.05, 0) is 54.8 Å². The van der Waals surface area contributed by atoms with Crippen molar-refractivity contribution in [2.24, 2.45) is 0 Å². The van der Waals surface area contributed by atoms with E-state index in [1.54, 1.807) is 7.11 Å². The van der Waals surface area contributed by atoms with Crippen LogP contribution in [-0.2, 0) is 6.54 Å². The highest BCUT2D eigenvalue weighted by molar-refractivity contribution is 6.33.